The summed E-state index contributed by atoms with van der Waals surface area (Å²) in [5.41, 5.74) is 0.134. The lowest BCUT2D eigenvalue weighted by atomic mass is 9.79. The van der Waals surface area contributed by atoms with E-state index < -0.39 is 0 Å². The summed E-state index contributed by atoms with van der Waals surface area (Å²) >= 11 is 0. The van der Waals surface area contributed by atoms with Crippen LogP contribution < -0.4 is 10.6 Å². The van der Waals surface area contributed by atoms with Crippen molar-refractivity contribution >= 4 is 29.9 Å². The first kappa shape index (κ1) is 24.2. The largest absolute Gasteiger partial charge is 0.381 e. The van der Waals surface area contributed by atoms with Gasteiger partial charge in [0.05, 0.1) is 18.8 Å². The van der Waals surface area contributed by atoms with E-state index in [2.05, 4.69) is 36.3 Å². The maximum atomic E-state index is 5.98. The molecule has 7 heteroatoms. The Hall–Kier alpha value is -0.120. The number of rotatable bonds is 5. The van der Waals surface area contributed by atoms with Gasteiger partial charge < -0.3 is 20.1 Å². The van der Waals surface area contributed by atoms with Crippen LogP contribution >= 0.6 is 24.0 Å². The first-order valence-electron chi connectivity index (χ1n) is 11.0. The van der Waals surface area contributed by atoms with Gasteiger partial charge in [-0.2, -0.15) is 0 Å². The predicted molar refractivity (Wildman–Crippen MR) is 126 cm³/mol. The molecule has 0 atom stereocenters. The Bertz CT molecular complexity index is 489. The van der Waals surface area contributed by atoms with Crippen LogP contribution in [0.3, 0.4) is 0 Å². The van der Waals surface area contributed by atoms with Crippen LogP contribution in [0.1, 0.15) is 65.7 Å². The lowest BCUT2D eigenvalue weighted by molar-refractivity contribution is -0.121. The standard InChI is InChI=1S/C21H40N4O2.HI/c1-4-22-19(24-18-8-13-26-14-9-18)23-16-21(10-6-5-7-11-21)25-12-15-27-20(2,3)17-25;/h18H,4-17H2,1-3H3,(H2,22,23,24);1H. The Balaban J connectivity index is 0.00000280. The number of hydrogen-bond donors (Lipinski definition) is 2. The van der Waals surface area contributed by atoms with Crippen molar-refractivity contribution < 1.29 is 9.47 Å². The number of aliphatic imine (C=N–C) groups is 1. The van der Waals surface area contributed by atoms with E-state index in [1.165, 1.54) is 32.1 Å². The van der Waals surface area contributed by atoms with Crippen molar-refractivity contribution in [1.82, 2.24) is 15.5 Å². The number of halogens is 1. The first-order chi connectivity index (χ1) is 13.0. The molecule has 0 radical (unpaired) electrons. The molecule has 3 rings (SSSR count). The minimum atomic E-state index is -0.0583. The molecule has 0 amide bonds. The number of nitrogens with one attached hydrogen (secondary N) is 2. The lowest BCUT2D eigenvalue weighted by Crippen LogP contribution is -2.61. The van der Waals surface area contributed by atoms with Crippen molar-refractivity contribution in [2.75, 3.05) is 46.0 Å². The van der Waals surface area contributed by atoms with Crippen molar-refractivity contribution in [3.8, 4) is 0 Å². The van der Waals surface area contributed by atoms with Gasteiger partial charge in [-0.3, -0.25) is 9.89 Å². The fourth-order valence-electron chi connectivity index (χ4n) is 4.79. The molecule has 2 aliphatic heterocycles. The SMILES string of the molecule is CCNC(=NCC1(N2CCOC(C)(C)C2)CCCCC1)NC1CCOCC1.I. The third kappa shape index (κ3) is 6.71. The summed E-state index contributed by atoms with van der Waals surface area (Å²) in [6.07, 6.45) is 8.63. The maximum absolute atomic E-state index is 5.98. The highest BCUT2D eigenvalue weighted by Crippen LogP contribution is 2.36. The van der Waals surface area contributed by atoms with Gasteiger partial charge in [-0.25, -0.2) is 0 Å². The lowest BCUT2D eigenvalue weighted by Gasteiger charge is -2.51. The molecule has 0 aromatic rings. The molecule has 1 aliphatic carbocycles. The van der Waals surface area contributed by atoms with E-state index in [-0.39, 0.29) is 35.1 Å². The fourth-order valence-corrected chi connectivity index (χ4v) is 4.79. The third-order valence-corrected chi connectivity index (χ3v) is 6.32. The number of guanidine groups is 1. The van der Waals surface area contributed by atoms with Crippen LogP contribution in [0.4, 0.5) is 0 Å². The minimum Gasteiger partial charge on any atom is -0.381 e. The van der Waals surface area contributed by atoms with Gasteiger partial charge in [-0.15, -0.1) is 24.0 Å². The van der Waals surface area contributed by atoms with Crippen LogP contribution in [0.25, 0.3) is 0 Å². The summed E-state index contributed by atoms with van der Waals surface area (Å²) in [6.45, 7) is 12.9. The Labute approximate surface area is 188 Å². The average Bonchev–Trinajstić information content (AvgIpc) is 2.67. The highest BCUT2D eigenvalue weighted by atomic mass is 127. The Kier molecular flexibility index (Phi) is 9.76. The Morgan fingerprint density at radius 3 is 2.46 bits per heavy atom. The smallest absolute Gasteiger partial charge is 0.191 e. The van der Waals surface area contributed by atoms with Crippen LogP contribution in [-0.4, -0.2) is 74.0 Å². The molecule has 2 N–H and O–H groups in total. The molecule has 3 aliphatic rings. The van der Waals surface area contributed by atoms with Crippen LogP contribution in [0.2, 0.25) is 0 Å². The number of morpholine rings is 1. The van der Waals surface area contributed by atoms with E-state index in [1.807, 2.05) is 0 Å². The van der Waals surface area contributed by atoms with Crippen LogP contribution in [0.15, 0.2) is 4.99 Å². The summed E-state index contributed by atoms with van der Waals surface area (Å²) in [7, 11) is 0. The van der Waals surface area contributed by atoms with E-state index >= 15 is 0 Å². The molecule has 164 valence electrons. The molecule has 1 saturated carbocycles. The molecule has 3 fully saturated rings. The van der Waals surface area contributed by atoms with Crippen molar-refractivity contribution in [3.05, 3.63) is 0 Å². The average molecular weight is 508 g/mol. The van der Waals surface area contributed by atoms with Crippen LogP contribution in [-0.2, 0) is 9.47 Å². The van der Waals surface area contributed by atoms with Crippen molar-refractivity contribution in [2.24, 2.45) is 4.99 Å². The van der Waals surface area contributed by atoms with Crippen molar-refractivity contribution in [2.45, 2.75) is 82.9 Å². The van der Waals surface area contributed by atoms with Gasteiger partial charge in [0, 0.05) is 44.4 Å². The summed E-state index contributed by atoms with van der Waals surface area (Å²) < 4.78 is 11.5. The van der Waals surface area contributed by atoms with Gasteiger partial charge in [0.25, 0.3) is 0 Å². The molecule has 0 aromatic carbocycles. The van der Waals surface area contributed by atoms with E-state index in [0.29, 0.717) is 6.04 Å². The van der Waals surface area contributed by atoms with Gasteiger partial charge in [0.15, 0.2) is 5.96 Å². The van der Waals surface area contributed by atoms with Gasteiger partial charge in [0.1, 0.15) is 0 Å². The van der Waals surface area contributed by atoms with Crippen molar-refractivity contribution in [1.29, 1.82) is 0 Å². The molecule has 2 heterocycles. The molecule has 0 aromatic heterocycles. The molecule has 0 unspecified atom stereocenters. The fraction of sp³-hybridized carbons (Fsp3) is 0.952. The van der Waals surface area contributed by atoms with E-state index in [4.69, 9.17) is 14.5 Å². The van der Waals surface area contributed by atoms with Gasteiger partial charge in [-0.05, 0) is 46.5 Å². The minimum absolute atomic E-state index is 0. The quantitative estimate of drug-likeness (QED) is 0.340. The van der Waals surface area contributed by atoms with Gasteiger partial charge in [-0.1, -0.05) is 19.3 Å². The summed E-state index contributed by atoms with van der Waals surface area (Å²) in [5, 5.41) is 7.11. The van der Waals surface area contributed by atoms with E-state index in [1.54, 1.807) is 0 Å². The van der Waals surface area contributed by atoms with Gasteiger partial charge in [0.2, 0.25) is 0 Å². The second-order valence-electron chi connectivity index (χ2n) is 9.04. The molecule has 28 heavy (non-hydrogen) atoms. The number of ether oxygens (including phenoxy) is 2. The zero-order chi connectivity index (χ0) is 19.2. The van der Waals surface area contributed by atoms with E-state index in [9.17, 15) is 0 Å². The van der Waals surface area contributed by atoms with Crippen molar-refractivity contribution in [3.63, 3.8) is 0 Å². The molecular formula is C21H41IN4O2. The summed E-state index contributed by atoms with van der Waals surface area (Å²) in [4.78, 5) is 7.79. The Morgan fingerprint density at radius 2 is 1.82 bits per heavy atom. The molecular weight excluding hydrogens is 467 g/mol. The first-order valence-corrected chi connectivity index (χ1v) is 11.0. The van der Waals surface area contributed by atoms with Crippen LogP contribution in [0, 0.1) is 0 Å². The third-order valence-electron chi connectivity index (χ3n) is 6.32. The predicted octanol–water partition coefficient (Wildman–Crippen LogP) is 3.15. The Morgan fingerprint density at radius 1 is 1.11 bits per heavy atom. The molecule has 0 bridgehead atoms. The second-order valence-corrected chi connectivity index (χ2v) is 9.04. The number of nitrogens with zero attached hydrogens (tertiary/aromatic N) is 2. The van der Waals surface area contributed by atoms with E-state index in [0.717, 1.165) is 64.8 Å². The maximum Gasteiger partial charge on any atom is 0.191 e. The normalized spacial score (nSPS) is 26.3. The van der Waals surface area contributed by atoms with Gasteiger partial charge >= 0.3 is 0 Å². The number of hydrogen-bond acceptors (Lipinski definition) is 4. The monoisotopic (exact) mass is 508 g/mol. The summed E-state index contributed by atoms with van der Waals surface area (Å²) in [5.74, 6) is 0.974. The molecule has 0 spiro atoms. The highest BCUT2D eigenvalue weighted by Gasteiger charge is 2.42. The second kappa shape index (κ2) is 11.3. The zero-order valence-corrected chi connectivity index (χ0v) is 20.4. The molecule has 6 nitrogen and oxygen atoms in total. The summed E-state index contributed by atoms with van der Waals surface area (Å²) in [6, 6.07) is 0.473. The van der Waals surface area contributed by atoms with Crippen LogP contribution in [0.5, 0.6) is 0 Å². The topological polar surface area (TPSA) is 58.1 Å². The molecule has 2 saturated heterocycles. The zero-order valence-electron chi connectivity index (χ0n) is 18.1. The highest BCUT2D eigenvalue weighted by molar-refractivity contribution is 14.0.